The van der Waals surface area contributed by atoms with Crippen LogP contribution in [0.15, 0.2) is 50.5 Å². The van der Waals surface area contributed by atoms with Crippen LogP contribution in [0.4, 0.5) is 0 Å². The molecule has 1 aromatic carbocycles. The second-order valence-electron chi connectivity index (χ2n) is 5.39. The van der Waals surface area contributed by atoms with Gasteiger partial charge in [0.25, 0.3) is 0 Å². The highest BCUT2D eigenvalue weighted by Gasteiger charge is 2.18. The minimum absolute atomic E-state index is 0.212. The summed E-state index contributed by atoms with van der Waals surface area (Å²) in [6.45, 7) is 4.54. The Morgan fingerprint density at radius 3 is 2.64 bits per heavy atom. The van der Waals surface area contributed by atoms with Crippen LogP contribution in [0.1, 0.15) is 18.2 Å². The highest BCUT2D eigenvalue weighted by molar-refractivity contribution is 7.91. The maximum atomic E-state index is 12.5. The molecule has 0 radical (unpaired) electrons. The third-order valence-electron chi connectivity index (χ3n) is 3.45. The molecule has 1 N–H and O–H groups in total. The lowest BCUT2D eigenvalue weighted by Crippen LogP contribution is -2.22. The lowest BCUT2D eigenvalue weighted by molar-refractivity contribution is 0.340. The standard InChI is InChI=1S/C17H18N2O4S2/c1-3-22-15-6-4-13(5-7-15)10-18-25(20,21)17-9-14(11-24-17)16-8-12(2)19-23-16/h4-9,11,18H,3,10H2,1-2H3. The molecule has 0 spiro atoms. The highest BCUT2D eigenvalue weighted by atomic mass is 32.2. The first-order valence-electron chi connectivity index (χ1n) is 7.71. The molecule has 0 saturated carbocycles. The summed E-state index contributed by atoms with van der Waals surface area (Å²) in [6.07, 6.45) is 0. The van der Waals surface area contributed by atoms with Crippen molar-refractivity contribution in [1.82, 2.24) is 9.88 Å². The van der Waals surface area contributed by atoms with Crippen molar-refractivity contribution in [3.63, 3.8) is 0 Å². The molecule has 0 fully saturated rings. The number of nitrogens with one attached hydrogen (secondary N) is 1. The van der Waals surface area contributed by atoms with E-state index in [-0.39, 0.29) is 10.8 Å². The zero-order valence-corrected chi connectivity index (χ0v) is 15.5. The van der Waals surface area contributed by atoms with Crippen LogP contribution in [0.2, 0.25) is 0 Å². The summed E-state index contributed by atoms with van der Waals surface area (Å²) in [5.41, 5.74) is 2.31. The van der Waals surface area contributed by atoms with Crippen LogP contribution in [0.25, 0.3) is 11.3 Å². The number of rotatable bonds is 7. The molecule has 0 amide bonds. The maximum Gasteiger partial charge on any atom is 0.250 e. The van der Waals surface area contributed by atoms with Crippen molar-refractivity contribution < 1.29 is 17.7 Å². The number of benzene rings is 1. The van der Waals surface area contributed by atoms with Crippen molar-refractivity contribution in [2.24, 2.45) is 0 Å². The monoisotopic (exact) mass is 378 g/mol. The number of aromatic nitrogens is 1. The number of hydrogen-bond acceptors (Lipinski definition) is 6. The van der Waals surface area contributed by atoms with Crippen molar-refractivity contribution in [3.05, 3.63) is 53.0 Å². The average molecular weight is 378 g/mol. The molecule has 3 aromatic rings. The van der Waals surface area contributed by atoms with Gasteiger partial charge < -0.3 is 9.26 Å². The molecule has 25 heavy (non-hydrogen) atoms. The Balaban J connectivity index is 1.68. The summed E-state index contributed by atoms with van der Waals surface area (Å²) in [5.74, 6) is 1.32. The quantitative estimate of drug-likeness (QED) is 0.679. The lowest BCUT2D eigenvalue weighted by atomic mass is 10.2. The van der Waals surface area contributed by atoms with Crippen LogP contribution in [0, 0.1) is 6.92 Å². The average Bonchev–Trinajstić information content (AvgIpc) is 3.24. The summed E-state index contributed by atoms with van der Waals surface area (Å²) >= 11 is 1.15. The van der Waals surface area contributed by atoms with Gasteiger partial charge in [0.2, 0.25) is 10.0 Å². The topological polar surface area (TPSA) is 81.4 Å². The van der Waals surface area contributed by atoms with E-state index in [4.69, 9.17) is 9.26 Å². The largest absolute Gasteiger partial charge is 0.494 e. The molecular weight excluding hydrogens is 360 g/mol. The van der Waals surface area contributed by atoms with E-state index in [1.807, 2.05) is 38.1 Å². The Kier molecular flexibility index (Phi) is 5.22. The van der Waals surface area contributed by atoms with Gasteiger partial charge in [0.1, 0.15) is 9.96 Å². The van der Waals surface area contributed by atoms with Gasteiger partial charge in [-0.15, -0.1) is 11.3 Å². The second kappa shape index (κ2) is 7.38. The predicted octanol–water partition coefficient (Wildman–Crippen LogP) is 3.59. The van der Waals surface area contributed by atoms with Crippen LogP contribution >= 0.6 is 11.3 Å². The molecule has 0 aliphatic carbocycles. The Hall–Kier alpha value is -2.16. The van der Waals surface area contributed by atoms with E-state index in [0.29, 0.717) is 17.9 Å². The molecule has 0 saturated heterocycles. The molecule has 2 aromatic heterocycles. The number of nitrogens with zero attached hydrogens (tertiary/aromatic N) is 1. The summed E-state index contributed by atoms with van der Waals surface area (Å²) < 4.78 is 38.3. The van der Waals surface area contributed by atoms with Gasteiger partial charge in [-0.2, -0.15) is 0 Å². The van der Waals surface area contributed by atoms with E-state index in [1.165, 1.54) is 0 Å². The molecule has 3 rings (SSSR count). The van der Waals surface area contributed by atoms with E-state index < -0.39 is 10.0 Å². The lowest BCUT2D eigenvalue weighted by Gasteiger charge is -2.06. The fourth-order valence-electron chi connectivity index (χ4n) is 2.21. The number of aryl methyl sites for hydroxylation is 1. The van der Waals surface area contributed by atoms with Crippen LogP contribution < -0.4 is 9.46 Å². The number of ether oxygens (including phenoxy) is 1. The molecule has 0 atom stereocenters. The van der Waals surface area contributed by atoms with Crippen molar-refractivity contribution in [2.45, 2.75) is 24.6 Å². The van der Waals surface area contributed by atoms with Gasteiger partial charge in [0, 0.05) is 23.6 Å². The molecule has 6 nitrogen and oxygen atoms in total. The first-order valence-corrected chi connectivity index (χ1v) is 10.1. The van der Waals surface area contributed by atoms with Gasteiger partial charge in [-0.25, -0.2) is 13.1 Å². The van der Waals surface area contributed by atoms with E-state index >= 15 is 0 Å². The first-order chi connectivity index (χ1) is 12.0. The minimum atomic E-state index is -3.58. The third kappa shape index (κ3) is 4.28. The van der Waals surface area contributed by atoms with Crippen LogP contribution in [0.5, 0.6) is 5.75 Å². The van der Waals surface area contributed by atoms with Gasteiger partial charge in [-0.3, -0.25) is 0 Å². The van der Waals surface area contributed by atoms with E-state index in [2.05, 4.69) is 9.88 Å². The minimum Gasteiger partial charge on any atom is -0.494 e. The molecule has 0 aliphatic rings. The summed E-state index contributed by atoms with van der Waals surface area (Å²) in [7, 11) is -3.58. The normalized spacial score (nSPS) is 11.6. The van der Waals surface area contributed by atoms with Gasteiger partial charge >= 0.3 is 0 Å². The smallest absolute Gasteiger partial charge is 0.250 e. The first kappa shape index (κ1) is 17.7. The van der Waals surface area contributed by atoms with E-state index in [1.54, 1.807) is 17.5 Å². The van der Waals surface area contributed by atoms with Crippen LogP contribution in [-0.4, -0.2) is 20.2 Å². The zero-order chi connectivity index (χ0) is 17.9. The van der Waals surface area contributed by atoms with Crippen LogP contribution in [0.3, 0.4) is 0 Å². The van der Waals surface area contributed by atoms with Crippen LogP contribution in [-0.2, 0) is 16.6 Å². The van der Waals surface area contributed by atoms with E-state index in [9.17, 15) is 8.42 Å². The zero-order valence-electron chi connectivity index (χ0n) is 13.9. The van der Waals surface area contributed by atoms with Gasteiger partial charge in [-0.05, 0) is 37.6 Å². The molecule has 0 aliphatic heterocycles. The van der Waals surface area contributed by atoms with Gasteiger partial charge in [0.15, 0.2) is 5.76 Å². The van der Waals surface area contributed by atoms with Crippen molar-refractivity contribution in [1.29, 1.82) is 0 Å². The summed E-state index contributed by atoms with van der Waals surface area (Å²) in [6, 6.07) is 10.7. The predicted molar refractivity (Wildman–Crippen MR) is 96.2 cm³/mol. The molecule has 132 valence electrons. The van der Waals surface area contributed by atoms with Crippen molar-refractivity contribution in [2.75, 3.05) is 6.61 Å². The molecule has 0 unspecified atom stereocenters. The Morgan fingerprint density at radius 1 is 1.24 bits per heavy atom. The van der Waals surface area contributed by atoms with Crippen molar-refractivity contribution in [3.8, 4) is 17.1 Å². The molecule has 0 bridgehead atoms. The van der Waals surface area contributed by atoms with Gasteiger partial charge in [-0.1, -0.05) is 17.3 Å². The molecular formula is C17H18N2O4S2. The Labute approximate surface area is 150 Å². The fourth-order valence-corrected chi connectivity index (χ4v) is 4.44. The molecule has 8 heteroatoms. The third-order valence-corrected chi connectivity index (χ3v) is 6.29. The molecule has 2 heterocycles. The number of thiophene rings is 1. The van der Waals surface area contributed by atoms with Gasteiger partial charge in [0.05, 0.1) is 12.3 Å². The number of sulfonamides is 1. The van der Waals surface area contributed by atoms with E-state index in [0.717, 1.165) is 28.3 Å². The fraction of sp³-hybridized carbons (Fsp3) is 0.235. The highest BCUT2D eigenvalue weighted by Crippen LogP contribution is 2.29. The number of hydrogen-bond donors (Lipinski definition) is 1. The SMILES string of the molecule is CCOc1ccc(CNS(=O)(=O)c2cc(-c3cc(C)no3)cs2)cc1. The maximum absolute atomic E-state index is 12.5. The Morgan fingerprint density at radius 2 is 2.00 bits per heavy atom. The second-order valence-corrected chi connectivity index (χ2v) is 8.29. The Bertz CT molecular complexity index is 943. The summed E-state index contributed by atoms with van der Waals surface area (Å²) in [4.78, 5) is 0. The summed E-state index contributed by atoms with van der Waals surface area (Å²) in [5, 5.41) is 5.56. The van der Waals surface area contributed by atoms with Crippen molar-refractivity contribution >= 4 is 21.4 Å².